The summed E-state index contributed by atoms with van der Waals surface area (Å²) in [5, 5.41) is 0. The van der Waals surface area contributed by atoms with Gasteiger partial charge in [0.05, 0.1) is 0 Å². The smallest absolute Gasteiger partial charge is 0.410 e. The van der Waals surface area contributed by atoms with E-state index in [1.54, 1.807) is 0 Å². The van der Waals surface area contributed by atoms with Crippen molar-refractivity contribution < 1.29 is 9.53 Å². The van der Waals surface area contributed by atoms with Crippen LogP contribution in [0.15, 0.2) is 0 Å². The largest absolute Gasteiger partial charge is 0.444 e. The number of hydrogen-bond donors (Lipinski definition) is 1. The summed E-state index contributed by atoms with van der Waals surface area (Å²) in [7, 11) is 0. The van der Waals surface area contributed by atoms with Crippen LogP contribution in [0.5, 0.6) is 0 Å². The van der Waals surface area contributed by atoms with Gasteiger partial charge in [0.25, 0.3) is 0 Å². The number of nitrogens with zero attached hydrogens (tertiary/aromatic N) is 1. The molecule has 1 aliphatic carbocycles. The van der Waals surface area contributed by atoms with E-state index < -0.39 is 5.60 Å². The van der Waals surface area contributed by atoms with E-state index in [1.165, 1.54) is 19.3 Å². The van der Waals surface area contributed by atoms with Crippen LogP contribution >= 0.6 is 0 Å². The van der Waals surface area contributed by atoms with Gasteiger partial charge in [-0.2, -0.15) is 0 Å². The first-order chi connectivity index (χ1) is 9.05. The normalized spacial score (nSPS) is 26.3. The van der Waals surface area contributed by atoms with Crippen molar-refractivity contribution in [3.05, 3.63) is 0 Å². The minimum absolute atomic E-state index is 0.158. The quantitative estimate of drug-likeness (QED) is 0.846. The molecule has 1 heterocycles. The third-order valence-corrected chi connectivity index (χ3v) is 4.93. The lowest BCUT2D eigenvalue weighted by molar-refractivity contribution is 0.00744. The average molecular weight is 282 g/mol. The second-order valence-electron chi connectivity index (χ2n) is 8.14. The number of carbonyl (C=O) groups is 1. The molecule has 20 heavy (non-hydrogen) atoms. The van der Waals surface area contributed by atoms with E-state index in [0.717, 1.165) is 19.5 Å². The number of rotatable bonds is 2. The van der Waals surface area contributed by atoms with Crippen molar-refractivity contribution in [2.75, 3.05) is 13.1 Å². The zero-order valence-electron chi connectivity index (χ0n) is 13.7. The molecule has 0 aromatic heterocycles. The molecular formula is C16H30N2O2. The molecule has 2 rings (SSSR count). The summed E-state index contributed by atoms with van der Waals surface area (Å²) in [6.45, 7) is 11.6. The summed E-state index contributed by atoms with van der Waals surface area (Å²) in [5.41, 5.74) is 6.04. The number of piperidine rings is 1. The van der Waals surface area contributed by atoms with Crippen molar-refractivity contribution in [1.29, 1.82) is 0 Å². The highest BCUT2D eigenvalue weighted by molar-refractivity contribution is 5.68. The van der Waals surface area contributed by atoms with E-state index in [1.807, 2.05) is 25.7 Å². The van der Waals surface area contributed by atoms with Crippen LogP contribution in [0.25, 0.3) is 0 Å². The van der Waals surface area contributed by atoms with Gasteiger partial charge in [0, 0.05) is 18.6 Å². The van der Waals surface area contributed by atoms with Crippen LogP contribution in [0.1, 0.15) is 60.3 Å². The molecule has 1 saturated carbocycles. The molecule has 1 aliphatic heterocycles. The highest BCUT2D eigenvalue weighted by atomic mass is 16.6. The SMILES string of the molecule is CC(C)(C)OC(=O)N1CCCC(C2(C(C)(C)N)CC2)C1. The predicted octanol–water partition coefficient (Wildman–Crippen LogP) is 3.15. The lowest BCUT2D eigenvalue weighted by Gasteiger charge is -2.43. The molecule has 116 valence electrons. The fraction of sp³-hybridized carbons (Fsp3) is 0.938. The molecule has 2 fully saturated rings. The Morgan fingerprint density at radius 3 is 2.30 bits per heavy atom. The van der Waals surface area contributed by atoms with Crippen molar-refractivity contribution in [3.8, 4) is 0 Å². The Hall–Kier alpha value is -0.770. The van der Waals surface area contributed by atoms with Crippen LogP contribution in [0.3, 0.4) is 0 Å². The number of likely N-dealkylation sites (tertiary alicyclic amines) is 1. The Balaban J connectivity index is 2.01. The molecule has 2 N–H and O–H groups in total. The lowest BCUT2D eigenvalue weighted by atomic mass is 9.72. The Morgan fingerprint density at radius 1 is 1.25 bits per heavy atom. The molecule has 1 saturated heterocycles. The summed E-state index contributed by atoms with van der Waals surface area (Å²) in [6, 6.07) is 0. The van der Waals surface area contributed by atoms with Crippen LogP contribution in [-0.4, -0.2) is 35.2 Å². The van der Waals surface area contributed by atoms with Crippen molar-refractivity contribution >= 4 is 6.09 Å². The molecule has 4 nitrogen and oxygen atoms in total. The van der Waals surface area contributed by atoms with Crippen molar-refractivity contribution in [2.45, 2.75) is 71.4 Å². The van der Waals surface area contributed by atoms with Gasteiger partial charge in [0.15, 0.2) is 0 Å². The van der Waals surface area contributed by atoms with Crippen molar-refractivity contribution in [3.63, 3.8) is 0 Å². The first-order valence-electron chi connectivity index (χ1n) is 7.82. The van der Waals surface area contributed by atoms with Gasteiger partial charge in [0.2, 0.25) is 0 Å². The standard InChI is InChI=1S/C16H30N2O2/c1-14(2,3)20-13(19)18-10-6-7-12(11-18)16(8-9-16)15(4,5)17/h12H,6-11,17H2,1-5H3. The average Bonchev–Trinajstić information content (AvgIpc) is 3.07. The molecule has 0 aromatic rings. The molecule has 0 bridgehead atoms. The fourth-order valence-electron chi connectivity index (χ4n) is 3.63. The van der Waals surface area contributed by atoms with Gasteiger partial charge in [-0.3, -0.25) is 0 Å². The second-order valence-corrected chi connectivity index (χ2v) is 8.14. The van der Waals surface area contributed by atoms with Gasteiger partial charge >= 0.3 is 6.09 Å². The van der Waals surface area contributed by atoms with E-state index in [2.05, 4.69) is 13.8 Å². The molecule has 0 spiro atoms. The van der Waals surface area contributed by atoms with Gasteiger partial charge < -0.3 is 15.4 Å². The van der Waals surface area contributed by atoms with Crippen LogP contribution in [0.4, 0.5) is 4.79 Å². The Morgan fingerprint density at radius 2 is 1.85 bits per heavy atom. The summed E-state index contributed by atoms with van der Waals surface area (Å²) in [6.07, 6.45) is 4.46. The zero-order chi connectivity index (χ0) is 15.2. The first-order valence-corrected chi connectivity index (χ1v) is 7.82. The molecule has 0 aromatic carbocycles. The summed E-state index contributed by atoms with van der Waals surface area (Å²) in [5.74, 6) is 0.517. The zero-order valence-corrected chi connectivity index (χ0v) is 13.7. The first kappa shape index (κ1) is 15.6. The summed E-state index contributed by atoms with van der Waals surface area (Å²) >= 11 is 0. The van der Waals surface area contributed by atoms with Gasteiger partial charge in [0.1, 0.15) is 5.60 Å². The minimum atomic E-state index is -0.422. The van der Waals surface area contributed by atoms with Crippen LogP contribution in [-0.2, 0) is 4.74 Å². The number of nitrogens with two attached hydrogens (primary N) is 1. The number of hydrogen-bond acceptors (Lipinski definition) is 3. The predicted molar refractivity (Wildman–Crippen MR) is 80.5 cm³/mol. The highest BCUT2D eigenvalue weighted by Gasteiger charge is 2.58. The Labute approximate surface area is 123 Å². The third-order valence-electron chi connectivity index (χ3n) is 4.93. The maximum absolute atomic E-state index is 12.2. The Kier molecular flexibility index (Phi) is 3.83. The van der Waals surface area contributed by atoms with Crippen molar-refractivity contribution in [2.24, 2.45) is 17.1 Å². The second kappa shape index (κ2) is 4.90. The van der Waals surface area contributed by atoms with Crippen molar-refractivity contribution in [1.82, 2.24) is 4.90 Å². The monoisotopic (exact) mass is 282 g/mol. The Bertz CT molecular complexity index is 375. The molecule has 1 unspecified atom stereocenters. The maximum atomic E-state index is 12.2. The van der Waals surface area contributed by atoms with Crippen LogP contribution in [0.2, 0.25) is 0 Å². The topological polar surface area (TPSA) is 55.6 Å². The number of amides is 1. The maximum Gasteiger partial charge on any atom is 0.410 e. The number of carbonyl (C=O) groups excluding carboxylic acids is 1. The van der Waals surface area contributed by atoms with E-state index in [9.17, 15) is 4.79 Å². The van der Waals surface area contributed by atoms with E-state index in [0.29, 0.717) is 5.92 Å². The van der Waals surface area contributed by atoms with Crippen LogP contribution < -0.4 is 5.73 Å². The fourth-order valence-corrected chi connectivity index (χ4v) is 3.63. The van der Waals surface area contributed by atoms with Gasteiger partial charge in [-0.1, -0.05) is 0 Å². The molecular weight excluding hydrogens is 252 g/mol. The summed E-state index contributed by atoms with van der Waals surface area (Å²) < 4.78 is 5.50. The van der Waals surface area contributed by atoms with Gasteiger partial charge in [-0.15, -0.1) is 0 Å². The summed E-state index contributed by atoms with van der Waals surface area (Å²) in [4.78, 5) is 14.1. The van der Waals surface area contributed by atoms with Gasteiger partial charge in [-0.25, -0.2) is 4.79 Å². The van der Waals surface area contributed by atoms with E-state index >= 15 is 0 Å². The molecule has 1 atom stereocenters. The van der Waals surface area contributed by atoms with E-state index in [4.69, 9.17) is 10.5 Å². The third kappa shape index (κ3) is 3.11. The molecule has 1 amide bonds. The molecule has 4 heteroatoms. The molecule has 0 radical (unpaired) electrons. The lowest BCUT2D eigenvalue weighted by Crippen LogP contribution is -2.52. The van der Waals surface area contributed by atoms with Crippen LogP contribution in [0, 0.1) is 11.3 Å². The number of ether oxygens (including phenoxy) is 1. The minimum Gasteiger partial charge on any atom is -0.444 e. The van der Waals surface area contributed by atoms with E-state index in [-0.39, 0.29) is 17.0 Å². The highest BCUT2D eigenvalue weighted by Crippen LogP contribution is 2.60. The molecule has 2 aliphatic rings. The van der Waals surface area contributed by atoms with Gasteiger partial charge in [-0.05, 0) is 71.6 Å².